The molecule has 0 aromatic heterocycles. The number of carbonyl (C=O) groups is 1. The van der Waals surface area contributed by atoms with Gasteiger partial charge in [0.25, 0.3) is 0 Å². The van der Waals surface area contributed by atoms with E-state index >= 15 is 0 Å². The van der Waals surface area contributed by atoms with E-state index in [9.17, 15) is 4.79 Å². The molecule has 0 saturated carbocycles. The fourth-order valence-corrected chi connectivity index (χ4v) is 2.95. The normalized spacial score (nSPS) is 10.3. The summed E-state index contributed by atoms with van der Waals surface area (Å²) in [5.41, 5.74) is 3.26. The quantitative estimate of drug-likeness (QED) is 0.750. The summed E-state index contributed by atoms with van der Waals surface area (Å²) in [4.78, 5) is 14.6. The van der Waals surface area contributed by atoms with E-state index in [4.69, 9.17) is 9.47 Å². The number of nitrogens with zero attached hydrogens (tertiary/aromatic N) is 1. The molecule has 1 N–H and O–H groups in total. The maximum Gasteiger partial charge on any atom is 0.224 e. The Labute approximate surface area is 155 Å². The average Bonchev–Trinajstić information content (AvgIpc) is 2.66. The summed E-state index contributed by atoms with van der Waals surface area (Å²) >= 11 is 0. The number of anilines is 1. The Balaban J connectivity index is 1.92. The molecule has 5 nitrogen and oxygen atoms in total. The number of methoxy groups -OCH3 is 2. The molecule has 5 heteroatoms. The van der Waals surface area contributed by atoms with E-state index < -0.39 is 0 Å². The summed E-state index contributed by atoms with van der Waals surface area (Å²) in [6.07, 6.45) is 0.261. The summed E-state index contributed by atoms with van der Waals surface area (Å²) in [6.45, 7) is 6.47. The van der Waals surface area contributed by atoms with Crippen LogP contribution in [-0.2, 0) is 11.2 Å². The number of rotatable bonds is 9. The van der Waals surface area contributed by atoms with Crippen molar-refractivity contribution in [3.8, 4) is 11.5 Å². The molecule has 26 heavy (non-hydrogen) atoms. The van der Waals surface area contributed by atoms with Crippen molar-refractivity contribution in [3.05, 3.63) is 53.6 Å². The van der Waals surface area contributed by atoms with Gasteiger partial charge < -0.3 is 19.7 Å². The lowest BCUT2D eigenvalue weighted by molar-refractivity contribution is -0.120. The molecule has 1 amide bonds. The molecule has 0 aliphatic carbocycles. The van der Waals surface area contributed by atoms with Crippen LogP contribution in [0.25, 0.3) is 0 Å². The van der Waals surface area contributed by atoms with E-state index in [1.807, 2.05) is 30.3 Å². The summed E-state index contributed by atoms with van der Waals surface area (Å²) in [5, 5.41) is 3.00. The van der Waals surface area contributed by atoms with Crippen molar-refractivity contribution < 1.29 is 14.3 Å². The van der Waals surface area contributed by atoms with Crippen LogP contribution in [0.4, 0.5) is 5.69 Å². The lowest BCUT2D eigenvalue weighted by Crippen LogP contribution is -2.35. The highest BCUT2D eigenvalue weighted by molar-refractivity contribution is 5.79. The Morgan fingerprint density at radius 2 is 1.88 bits per heavy atom. The van der Waals surface area contributed by atoms with Crippen molar-refractivity contribution in [2.75, 3.05) is 38.8 Å². The molecule has 0 aliphatic heterocycles. The van der Waals surface area contributed by atoms with E-state index in [1.54, 1.807) is 14.2 Å². The Hall–Kier alpha value is -2.69. The second-order valence-electron chi connectivity index (χ2n) is 6.07. The summed E-state index contributed by atoms with van der Waals surface area (Å²) in [5.74, 6) is 1.37. The topological polar surface area (TPSA) is 50.8 Å². The number of para-hydroxylation sites is 1. The molecule has 0 heterocycles. The van der Waals surface area contributed by atoms with Crippen molar-refractivity contribution in [3.63, 3.8) is 0 Å². The predicted molar refractivity (Wildman–Crippen MR) is 105 cm³/mol. The van der Waals surface area contributed by atoms with Gasteiger partial charge in [0.1, 0.15) is 11.5 Å². The van der Waals surface area contributed by atoms with Crippen molar-refractivity contribution in [2.45, 2.75) is 20.3 Å². The zero-order chi connectivity index (χ0) is 18.9. The van der Waals surface area contributed by atoms with Gasteiger partial charge in [-0.15, -0.1) is 0 Å². The predicted octanol–water partition coefficient (Wildman–Crippen LogP) is 3.20. The SMILES string of the molecule is CCN(CCNC(=O)Cc1cc(OC)ccc1OC)c1ccccc1C. The highest BCUT2D eigenvalue weighted by Gasteiger charge is 2.11. The first-order valence-corrected chi connectivity index (χ1v) is 8.87. The molecular formula is C21H28N2O3. The standard InChI is InChI=1S/C21H28N2O3/c1-5-23(19-9-7-6-8-16(19)2)13-12-22-21(24)15-17-14-18(25-3)10-11-20(17)26-4/h6-11,14H,5,12-13,15H2,1-4H3,(H,22,24). The van der Waals surface area contributed by atoms with Crippen LogP contribution in [0.5, 0.6) is 11.5 Å². The fraction of sp³-hybridized carbons (Fsp3) is 0.381. The first-order chi connectivity index (χ1) is 12.6. The van der Waals surface area contributed by atoms with Gasteiger partial charge in [-0.1, -0.05) is 18.2 Å². The number of hydrogen-bond acceptors (Lipinski definition) is 4. The Morgan fingerprint density at radius 1 is 1.12 bits per heavy atom. The largest absolute Gasteiger partial charge is 0.497 e. The van der Waals surface area contributed by atoms with Gasteiger partial charge in [0.2, 0.25) is 5.91 Å². The van der Waals surface area contributed by atoms with Gasteiger partial charge >= 0.3 is 0 Å². The zero-order valence-electron chi connectivity index (χ0n) is 16.0. The third kappa shape index (κ3) is 5.15. The van der Waals surface area contributed by atoms with Gasteiger partial charge in [0.15, 0.2) is 0 Å². The molecule has 0 aliphatic rings. The van der Waals surface area contributed by atoms with Gasteiger partial charge in [-0.25, -0.2) is 0 Å². The van der Waals surface area contributed by atoms with E-state index in [-0.39, 0.29) is 12.3 Å². The number of aryl methyl sites for hydroxylation is 1. The summed E-state index contributed by atoms with van der Waals surface area (Å²) < 4.78 is 10.6. The maximum atomic E-state index is 12.3. The van der Waals surface area contributed by atoms with Crippen LogP contribution in [0.2, 0.25) is 0 Å². The van der Waals surface area contributed by atoms with Crippen LogP contribution in [0.1, 0.15) is 18.1 Å². The van der Waals surface area contributed by atoms with Crippen LogP contribution in [-0.4, -0.2) is 39.8 Å². The fourth-order valence-electron chi connectivity index (χ4n) is 2.95. The molecule has 2 aromatic carbocycles. The second-order valence-corrected chi connectivity index (χ2v) is 6.07. The Morgan fingerprint density at radius 3 is 2.54 bits per heavy atom. The molecule has 140 valence electrons. The minimum absolute atomic E-state index is 0.0302. The minimum atomic E-state index is -0.0302. The number of likely N-dealkylation sites (N-methyl/N-ethyl adjacent to an activating group) is 1. The van der Waals surface area contributed by atoms with E-state index in [2.05, 4.69) is 36.2 Å². The lowest BCUT2D eigenvalue weighted by atomic mass is 10.1. The Kier molecular flexibility index (Phi) is 7.33. The van der Waals surface area contributed by atoms with Crippen LogP contribution >= 0.6 is 0 Å². The van der Waals surface area contributed by atoms with Crippen LogP contribution in [0, 0.1) is 6.92 Å². The highest BCUT2D eigenvalue weighted by atomic mass is 16.5. The number of amides is 1. The van der Waals surface area contributed by atoms with Gasteiger partial charge in [-0.3, -0.25) is 4.79 Å². The zero-order valence-corrected chi connectivity index (χ0v) is 16.0. The molecule has 0 fully saturated rings. The monoisotopic (exact) mass is 356 g/mol. The molecule has 0 unspecified atom stereocenters. The molecule has 2 rings (SSSR count). The summed E-state index contributed by atoms with van der Waals surface area (Å²) in [6, 6.07) is 13.8. The molecule has 0 radical (unpaired) electrons. The van der Waals surface area contributed by atoms with Gasteiger partial charge in [-0.2, -0.15) is 0 Å². The average molecular weight is 356 g/mol. The minimum Gasteiger partial charge on any atom is -0.497 e. The van der Waals surface area contributed by atoms with Crippen LogP contribution < -0.4 is 19.7 Å². The van der Waals surface area contributed by atoms with Crippen molar-refractivity contribution in [2.24, 2.45) is 0 Å². The molecule has 2 aromatic rings. The summed E-state index contributed by atoms with van der Waals surface area (Å²) in [7, 11) is 3.21. The van der Waals surface area contributed by atoms with Crippen molar-refractivity contribution in [1.29, 1.82) is 0 Å². The first-order valence-electron chi connectivity index (χ1n) is 8.87. The van der Waals surface area contributed by atoms with Gasteiger partial charge in [0.05, 0.1) is 20.6 Å². The highest BCUT2D eigenvalue weighted by Crippen LogP contribution is 2.24. The Bertz CT molecular complexity index is 731. The van der Waals surface area contributed by atoms with Crippen molar-refractivity contribution >= 4 is 11.6 Å². The third-order valence-electron chi connectivity index (χ3n) is 4.38. The van der Waals surface area contributed by atoms with Crippen molar-refractivity contribution in [1.82, 2.24) is 5.32 Å². The molecule has 0 spiro atoms. The smallest absolute Gasteiger partial charge is 0.224 e. The number of benzene rings is 2. The van der Waals surface area contributed by atoms with Crippen LogP contribution in [0.15, 0.2) is 42.5 Å². The van der Waals surface area contributed by atoms with E-state index in [0.29, 0.717) is 18.0 Å². The number of nitrogens with one attached hydrogen (secondary N) is 1. The molecule has 0 atom stereocenters. The maximum absolute atomic E-state index is 12.3. The first kappa shape index (κ1) is 19.6. The van der Waals surface area contributed by atoms with E-state index in [0.717, 1.165) is 18.7 Å². The molecule has 0 bridgehead atoms. The number of carbonyl (C=O) groups excluding carboxylic acids is 1. The van der Waals surface area contributed by atoms with Gasteiger partial charge in [-0.05, 0) is 43.7 Å². The van der Waals surface area contributed by atoms with E-state index in [1.165, 1.54) is 11.3 Å². The third-order valence-corrected chi connectivity index (χ3v) is 4.38. The van der Waals surface area contributed by atoms with Gasteiger partial charge in [0, 0.05) is 30.9 Å². The second kappa shape index (κ2) is 9.70. The molecule has 0 saturated heterocycles. The lowest BCUT2D eigenvalue weighted by Gasteiger charge is -2.25. The molecular weight excluding hydrogens is 328 g/mol. The van der Waals surface area contributed by atoms with Crippen LogP contribution in [0.3, 0.4) is 0 Å². The number of ether oxygens (including phenoxy) is 2. The number of hydrogen-bond donors (Lipinski definition) is 1.